The van der Waals surface area contributed by atoms with E-state index in [1.54, 1.807) is 4.90 Å². The van der Waals surface area contributed by atoms with Gasteiger partial charge in [-0.3, -0.25) is 4.79 Å². The third-order valence-corrected chi connectivity index (χ3v) is 6.18. The van der Waals surface area contributed by atoms with Crippen LogP contribution in [0.25, 0.3) is 0 Å². The number of hydrogen-bond donors (Lipinski definition) is 3. The highest BCUT2D eigenvalue weighted by atomic mass is 35.5. The molecule has 1 amide bonds. The summed E-state index contributed by atoms with van der Waals surface area (Å²) in [4.78, 5) is 17.7. The molecule has 0 aromatic heterocycles. The standard InChI is InChI=1S/C23H29ClN4O2/c24-20-3-1-2-19(16-20)17-26-8-10-27(11-9-26)18-23(29)25-21-4-6-22(7-5-21)28-12-14-30-15-13-28/h1-7,16H,8-15,17-18H2,(H,25,29)/p+2. The van der Waals surface area contributed by atoms with Crippen molar-refractivity contribution in [3.8, 4) is 0 Å². The Morgan fingerprint density at radius 2 is 1.70 bits per heavy atom. The number of amides is 1. The highest BCUT2D eigenvalue weighted by Gasteiger charge is 2.25. The number of ether oxygens (including phenoxy) is 1. The molecule has 0 unspecified atom stereocenters. The molecule has 4 rings (SSSR count). The van der Waals surface area contributed by atoms with E-state index in [0.717, 1.165) is 69.7 Å². The lowest BCUT2D eigenvalue weighted by Crippen LogP contribution is -3.28. The van der Waals surface area contributed by atoms with Gasteiger partial charge < -0.3 is 24.8 Å². The molecule has 7 heteroatoms. The van der Waals surface area contributed by atoms with Gasteiger partial charge in [-0.2, -0.15) is 0 Å². The summed E-state index contributed by atoms with van der Waals surface area (Å²) in [7, 11) is 0. The quantitative estimate of drug-likeness (QED) is 0.609. The minimum atomic E-state index is 0.0856. The molecule has 3 N–H and O–H groups in total. The van der Waals surface area contributed by atoms with Crippen molar-refractivity contribution in [2.45, 2.75) is 6.54 Å². The first kappa shape index (κ1) is 21.1. The summed E-state index contributed by atoms with van der Waals surface area (Å²) in [5.74, 6) is 0.0856. The zero-order valence-electron chi connectivity index (χ0n) is 17.3. The van der Waals surface area contributed by atoms with Gasteiger partial charge >= 0.3 is 0 Å². The number of benzene rings is 2. The third-order valence-electron chi connectivity index (χ3n) is 5.95. The molecule has 2 heterocycles. The van der Waals surface area contributed by atoms with Gasteiger partial charge in [-0.05, 0) is 36.4 Å². The van der Waals surface area contributed by atoms with Crippen LogP contribution in [0.2, 0.25) is 5.02 Å². The van der Waals surface area contributed by atoms with Crippen LogP contribution in [0.4, 0.5) is 11.4 Å². The molecule has 0 atom stereocenters. The van der Waals surface area contributed by atoms with Crippen LogP contribution >= 0.6 is 11.6 Å². The number of piperazine rings is 1. The summed E-state index contributed by atoms with van der Waals surface area (Å²) in [6, 6.07) is 16.2. The normalized spacial score (nSPS) is 22.0. The molecule has 6 nitrogen and oxygen atoms in total. The molecule has 2 fully saturated rings. The summed E-state index contributed by atoms with van der Waals surface area (Å²) in [5, 5.41) is 3.85. The molecule has 0 spiro atoms. The van der Waals surface area contributed by atoms with Gasteiger partial charge in [-0.1, -0.05) is 23.7 Å². The Morgan fingerprint density at radius 1 is 1.00 bits per heavy atom. The Bertz CT molecular complexity index is 831. The average molecular weight is 431 g/mol. The van der Waals surface area contributed by atoms with Gasteiger partial charge in [0.15, 0.2) is 6.54 Å². The minimum absolute atomic E-state index is 0.0856. The van der Waals surface area contributed by atoms with Crippen molar-refractivity contribution >= 4 is 28.9 Å². The van der Waals surface area contributed by atoms with Crippen molar-refractivity contribution in [3.05, 3.63) is 59.1 Å². The van der Waals surface area contributed by atoms with Crippen LogP contribution in [0.15, 0.2) is 48.5 Å². The Hall–Kier alpha value is -2.12. The number of rotatable bonds is 6. The van der Waals surface area contributed by atoms with Crippen molar-refractivity contribution in [3.63, 3.8) is 0 Å². The Labute approximate surface area is 183 Å². The molecule has 2 aromatic carbocycles. The van der Waals surface area contributed by atoms with Crippen LogP contribution in [0.1, 0.15) is 5.56 Å². The fourth-order valence-electron chi connectivity index (χ4n) is 4.26. The van der Waals surface area contributed by atoms with Crippen LogP contribution in [0, 0.1) is 0 Å². The van der Waals surface area contributed by atoms with E-state index in [9.17, 15) is 4.79 Å². The number of anilines is 2. The van der Waals surface area contributed by atoms with Crippen molar-refractivity contribution in [1.82, 2.24) is 0 Å². The lowest BCUT2D eigenvalue weighted by atomic mass is 10.2. The zero-order chi connectivity index (χ0) is 20.8. The van der Waals surface area contributed by atoms with Gasteiger partial charge in [-0.15, -0.1) is 0 Å². The van der Waals surface area contributed by atoms with Gasteiger partial charge in [0.1, 0.15) is 32.7 Å². The second-order valence-electron chi connectivity index (χ2n) is 8.18. The van der Waals surface area contributed by atoms with E-state index in [-0.39, 0.29) is 5.91 Å². The van der Waals surface area contributed by atoms with Crippen LogP contribution in [0.3, 0.4) is 0 Å². The highest BCUT2D eigenvalue weighted by molar-refractivity contribution is 6.30. The summed E-state index contributed by atoms with van der Waals surface area (Å²) >= 11 is 6.09. The van der Waals surface area contributed by atoms with E-state index in [2.05, 4.69) is 28.4 Å². The molecule has 2 aromatic rings. The topological polar surface area (TPSA) is 50.5 Å². The fraction of sp³-hybridized carbons (Fsp3) is 0.435. The summed E-state index contributed by atoms with van der Waals surface area (Å²) < 4.78 is 5.40. The minimum Gasteiger partial charge on any atom is -0.378 e. The number of carbonyl (C=O) groups is 1. The molecule has 0 bridgehead atoms. The van der Waals surface area contributed by atoms with E-state index in [0.29, 0.717) is 6.54 Å². The molecule has 30 heavy (non-hydrogen) atoms. The Kier molecular flexibility index (Phi) is 7.23. The molecule has 0 radical (unpaired) electrons. The molecule has 2 aliphatic heterocycles. The maximum absolute atomic E-state index is 12.5. The van der Waals surface area contributed by atoms with Gasteiger partial charge in [-0.25, -0.2) is 0 Å². The maximum Gasteiger partial charge on any atom is 0.279 e. The van der Waals surface area contributed by atoms with Gasteiger partial charge in [0.25, 0.3) is 5.91 Å². The fourth-order valence-corrected chi connectivity index (χ4v) is 4.47. The lowest BCUT2D eigenvalue weighted by molar-refractivity contribution is -1.02. The number of nitrogens with zero attached hydrogens (tertiary/aromatic N) is 1. The van der Waals surface area contributed by atoms with E-state index in [4.69, 9.17) is 16.3 Å². The second-order valence-corrected chi connectivity index (χ2v) is 8.61. The van der Waals surface area contributed by atoms with Crippen LogP contribution in [0.5, 0.6) is 0 Å². The van der Waals surface area contributed by atoms with Crippen molar-refractivity contribution in [2.24, 2.45) is 0 Å². The molecular weight excluding hydrogens is 400 g/mol. The number of morpholine rings is 1. The summed E-state index contributed by atoms with van der Waals surface area (Å²) in [6.45, 7) is 9.07. The Morgan fingerprint density at radius 3 is 2.40 bits per heavy atom. The predicted molar refractivity (Wildman–Crippen MR) is 120 cm³/mol. The molecule has 160 valence electrons. The molecule has 2 aliphatic rings. The third kappa shape index (κ3) is 5.95. The first-order valence-electron chi connectivity index (χ1n) is 10.8. The van der Waals surface area contributed by atoms with E-state index in [1.165, 1.54) is 16.2 Å². The summed E-state index contributed by atoms with van der Waals surface area (Å²) in [5.41, 5.74) is 3.32. The SMILES string of the molecule is O=C(C[NH+]1CC[NH+](Cc2cccc(Cl)c2)CC1)Nc1ccc(N2CCOCC2)cc1. The number of halogens is 1. The largest absolute Gasteiger partial charge is 0.378 e. The smallest absolute Gasteiger partial charge is 0.279 e. The zero-order valence-corrected chi connectivity index (χ0v) is 18.1. The van der Waals surface area contributed by atoms with Crippen LogP contribution in [-0.4, -0.2) is 64.9 Å². The number of hydrogen-bond acceptors (Lipinski definition) is 3. The first-order chi connectivity index (χ1) is 14.7. The number of carbonyl (C=O) groups excluding carboxylic acids is 1. The van der Waals surface area contributed by atoms with Gasteiger partial charge in [0, 0.05) is 35.1 Å². The molecule has 0 aliphatic carbocycles. The predicted octanol–water partition coefficient (Wildman–Crippen LogP) is 0.0987. The highest BCUT2D eigenvalue weighted by Crippen LogP contribution is 2.18. The molecule has 0 saturated carbocycles. The Balaban J connectivity index is 1.20. The van der Waals surface area contributed by atoms with E-state index in [1.807, 2.05) is 30.3 Å². The van der Waals surface area contributed by atoms with Crippen molar-refractivity contribution in [2.75, 3.05) is 69.2 Å². The number of quaternary nitrogens is 2. The molecular formula is C23H31ClN4O2+2. The van der Waals surface area contributed by atoms with Crippen molar-refractivity contribution in [1.29, 1.82) is 0 Å². The van der Waals surface area contributed by atoms with E-state index >= 15 is 0 Å². The second kappa shape index (κ2) is 10.3. The lowest BCUT2D eigenvalue weighted by Gasteiger charge is -2.29. The average Bonchev–Trinajstić information content (AvgIpc) is 2.76. The van der Waals surface area contributed by atoms with E-state index < -0.39 is 0 Å². The van der Waals surface area contributed by atoms with Gasteiger partial charge in [0.2, 0.25) is 0 Å². The molecule has 2 saturated heterocycles. The van der Waals surface area contributed by atoms with Gasteiger partial charge in [0.05, 0.1) is 13.2 Å². The van der Waals surface area contributed by atoms with Crippen molar-refractivity contribution < 1.29 is 19.3 Å². The van der Waals surface area contributed by atoms with Crippen LogP contribution < -0.4 is 20.0 Å². The number of nitrogens with one attached hydrogen (secondary N) is 3. The monoisotopic (exact) mass is 430 g/mol. The van der Waals surface area contributed by atoms with Crippen LogP contribution in [-0.2, 0) is 16.1 Å². The summed E-state index contributed by atoms with van der Waals surface area (Å²) in [6.07, 6.45) is 0. The maximum atomic E-state index is 12.5. The first-order valence-corrected chi connectivity index (χ1v) is 11.2.